The summed E-state index contributed by atoms with van der Waals surface area (Å²) in [6.07, 6.45) is 7.10. The van der Waals surface area contributed by atoms with Crippen LogP contribution in [0, 0.1) is 22.7 Å². The van der Waals surface area contributed by atoms with Gasteiger partial charge in [-0.15, -0.1) is 0 Å². The molecule has 134 valence electrons. The summed E-state index contributed by atoms with van der Waals surface area (Å²) in [7, 11) is 0. The zero-order valence-corrected chi connectivity index (χ0v) is 15.1. The maximum Gasteiger partial charge on any atom is 0.192 e. The van der Waals surface area contributed by atoms with Gasteiger partial charge in [0.15, 0.2) is 6.29 Å². The molecule has 1 N–H and O–H groups in total. The van der Waals surface area contributed by atoms with Gasteiger partial charge in [-0.3, -0.25) is 4.79 Å². The fourth-order valence-corrected chi connectivity index (χ4v) is 5.73. The Bertz CT molecular complexity index is 550. The van der Waals surface area contributed by atoms with Crippen molar-refractivity contribution in [3.05, 3.63) is 23.8 Å². The van der Waals surface area contributed by atoms with Crippen molar-refractivity contribution in [2.75, 3.05) is 0 Å². The highest BCUT2D eigenvalue weighted by molar-refractivity contribution is 5.73. The molecular weight excluding hydrogens is 304 g/mol. The summed E-state index contributed by atoms with van der Waals surface area (Å²) in [5.74, 6) is 0.704. The lowest BCUT2D eigenvalue weighted by molar-refractivity contribution is -0.389. The Morgan fingerprint density at radius 2 is 2.04 bits per heavy atom. The van der Waals surface area contributed by atoms with Gasteiger partial charge < -0.3 is 5.11 Å². The van der Waals surface area contributed by atoms with E-state index in [2.05, 4.69) is 27.4 Å². The van der Waals surface area contributed by atoms with Crippen LogP contribution >= 0.6 is 0 Å². The van der Waals surface area contributed by atoms with E-state index in [1.807, 2.05) is 6.08 Å². The maximum absolute atomic E-state index is 11.3. The molecule has 0 aromatic heterocycles. The molecule has 0 aromatic rings. The van der Waals surface area contributed by atoms with Gasteiger partial charge in [0.25, 0.3) is 0 Å². The van der Waals surface area contributed by atoms with Crippen LogP contribution in [-0.4, -0.2) is 23.8 Å². The average molecular weight is 334 g/mol. The molecular formula is C20H30O4. The topological polar surface area (TPSA) is 55.8 Å². The van der Waals surface area contributed by atoms with Gasteiger partial charge in [0.05, 0.1) is 0 Å². The van der Waals surface area contributed by atoms with Crippen molar-refractivity contribution < 1.29 is 19.7 Å². The maximum atomic E-state index is 11.3. The first-order valence-electron chi connectivity index (χ1n) is 9.11. The lowest BCUT2D eigenvalue weighted by atomic mass is 9.47. The van der Waals surface area contributed by atoms with Crippen LogP contribution in [0.2, 0.25) is 0 Å². The molecule has 0 bridgehead atoms. The third-order valence-corrected chi connectivity index (χ3v) is 6.73. The van der Waals surface area contributed by atoms with Crippen molar-refractivity contribution in [2.24, 2.45) is 22.7 Å². The first kappa shape index (κ1) is 17.8. The van der Waals surface area contributed by atoms with Crippen LogP contribution in [0.1, 0.15) is 59.3 Å². The van der Waals surface area contributed by atoms with E-state index in [4.69, 9.17) is 9.78 Å². The van der Waals surface area contributed by atoms with Crippen molar-refractivity contribution in [3.63, 3.8) is 0 Å². The largest absolute Gasteiger partial charge is 0.365 e. The number of fused-ring (bicyclic) bond motifs is 1. The molecule has 0 aromatic carbocycles. The first-order valence-corrected chi connectivity index (χ1v) is 9.11. The SMILES string of the molecule is C=C1CC[C@@H]2C(C)(C)CCC[C@]2(C)[C@H]1[C@@H]1C=C(C=O)C[C@H](O)OO1. The number of hydrogen-bond acceptors (Lipinski definition) is 4. The van der Waals surface area contributed by atoms with Crippen LogP contribution in [0.5, 0.6) is 0 Å². The minimum atomic E-state index is -1.09. The van der Waals surface area contributed by atoms with E-state index in [-0.39, 0.29) is 23.9 Å². The number of carbonyl (C=O) groups is 1. The normalized spacial score (nSPS) is 42.7. The Kier molecular flexibility index (Phi) is 4.75. The predicted octanol–water partition coefficient (Wildman–Crippen LogP) is 3.95. The lowest BCUT2D eigenvalue weighted by Gasteiger charge is -2.58. The number of aliphatic hydroxyl groups is 1. The van der Waals surface area contributed by atoms with Crippen LogP contribution in [0.25, 0.3) is 0 Å². The molecule has 4 heteroatoms. The van der Waals surface area contributed by atoms with Crippen LogP contribution in [0.3, 0.4) is 0 Å². The quantitative estimate of drug-likeness (QED) is 0.472. The summed E-state index contributed by atoms with van der Waals surface area (Å²) in [6.45, 7) is 11.4. The summed E-state index contributed by atoms with van der Waals surface area (Å²) in [5, 5.41) is 9.78. The Morgan fingerprint density at radius 3 is 2.75 bits per heavy atom. The Balaban J connectivity index is 1.97. The van der Waals surface area contributed by atoms with E-state index >= 15 is 0 Å². The third kappa shape index (κ3) is 3.00. The number of hydrogen-bond donors (Lipinski definition) is 1. The second-order valence-corrected chi connectivity index (χ2v) is 8.75. The van der Waals surface area contributed by atoms with E-state index in [0.29, 0.717) is 16.9 Å². The molecule has 0 saturated heterocycles. The summed E-state index contributed by atoms with van der Waals surface area (Å²) in [4.78, 5) is 22.0. The second-order valence-electron chi connectivity index (χ2n) is 8.75. The van der Waals surface area contributed by atoms with Crippen molar-refractivity contribution in [2.45, 2.75) is 71.7 Å². The Labute approximate surface area is 144 Å². The van der Waals surface area contributed by atoms with Crippen LogP contribution < -0.4 is 0 Å². The molecule has 0 spiro atoms. The lowest BCUT2D eigenvalue weighted by Crippen LogP contribution is -2.52. The third-order valence-electron chi connectivity index (χ3n) is 6.73. The van der Waals surface area contributed by atoms with Crippen molar-refractivity contribution in [1.29, 1.82) is 0 Å². The first-order chi connectivity index (χ1) is 11.3. The molecule has 24 heavy (non-hydrogen) atoms. The standard InChI is InChI=1S/C20H30O4/c1-13-6-7-16-19(2,3)8-5-9-20(16,4)18(13)15-10-14(12-21)11-17(22)24-23-15/h10,12,15-18,22H,1,5-9,11H2,2-4H3/t15-,16+,17+,18+,20-/m0/s1. The fourth-order valence-electron chi connectivity index (χ4n) is 5.73. The van der Waals surface area contributed by atoms with Gasteiger partial charge in [-0.25, -0.2) is 9.78 Å². The molecule has 2 fully saturated rings. The number of rotatable bonds is 2. The van der Waals surface area contributed by atoms with Gasteiger partial charge in [-0.2, -0.15) is 0 Å². The molecule has 3 aliphatic rings. The molecule has 1 heterocycles. The van der Waals surface area contributed by atoms with E-state index in [1.54, 1.807) is 0 Å². The molecule has 3 rings (SSSR count). The highest BCUT2D eigenvalue weighted by Crippen LogP contribution is 2.62. The van der Waals surface area contributed by atoms with Gasteiger partial charge in [0.2, 0.25) is 0 Å². The molecule has 0 amide bonds. The molecule has 5 atom stereocenters. The molecule has 2 saturated carbocycles. The zero-order chi connectivity index (χ0) is 17.5. The molecule has 0 radical (unpaired) electrons. The van der Waals surface area contributed by atoms with Gasteiger partial charge in [-0.05, 0) is 54.1 Å². The highest BCUT2D eigenvalue weighted by Gasteiger charge is 2.55. The van der Waals surface area contributed by atoms with E-state index in [1.165, 1.54) is 24.8 Å². The molecule has 0 unspecified atom stereocenters. The fraction of sp³-hybridized carbons (Fsp3) is 0.750. The van der Waals surface area contributed by atoms with Crippen molar-refractivity contribution in [1.82, 2.24) is 0 Å². The number of aldehydes is 1. The monoisotopic (exact) mass is 334 g/mol. The second kappa shape index (κ2) is 6.40. The average Bonchev–Trinajstić information content (AvgIpc) is 2.67. The summed E-state index contributed by atoms with van der Waals surface area (Å²) >= 11 is 0. The minimum absolute atomic E-state index is 0.0743. The van der Waals surface area contributed by atoms with Gasteiger partial charge >= 0.3 is 0 Å². The number of carbonyl (C=O) groups excluding carboxylic acids is 1. The smallest absolute Gasteiger partial charge is 0.192 e. The van der Waals surface area contributed by atoms with Gasteiger partial charge in [0.1, 0.15) is 12.4 Å². The Hall–Kier alpha value is -0.970. The molecule has 2 aliphatic carbocycles. The molecule has 4 nitrogen and oxygen atoms in total. The van der Waals surface area contributed by atoms with Crippen LogP contribution in [0.4, 0.5) is 0 Å². The molecule has 1 aliphatic heterocycles. The number of aliphatic hydroxyl groups excluding tert-OH is 1. The predicted molar refractivity (Wildman–Crippen MR) is 91.8 cm³/mol. The van der Waals surface area contributed by atoms with Crippen LogP contribution in [0.15, 0.2) is 23.8 Å². The van der Waals surface area contributed by atoms with Crippen molar-refractivity contribution >= 4 is 6.29 Å². The summed E-state index contributed by atoms with van der Waals surface area (Å²) in [5.41, 5.74) is 2.09. The van der Waals surface area contributed by atoms with E-state index in [9.17, 15) is 9.90 Å². The summed E-state index contributed by atoms with van der Waals surface area (Å²) in [6, 6.07) is 0. The van der Waals surface area contributed by atoms with E-state index < -0.39 is 6.29 Å². The van der Waals surface area contributed by atoms with Crippen molar-refractivity contribution in [3.8, 4) is 0 Å². The Morgan fingerprint density at radius 1 is 1.29 bits per heavy atom. The van der Waals surface area contributed by atoms with Crippen LogP contribution in [-0.2, 0) is 14.6 Å². The summed E-state index contributed by atoms with van der Waals surface area (Å²) < 4.78 is 0. The van der Waals surface area contributed by atoms with Gasteiger partial charge in [0, 0.05) is 12.3 Å². The highest BCUT2D eigenvalue weighted by atomic mass is 17.2. The van der Waals surface area contributed by atoms with Gasteiger partial charge in [-0.1, -0.05) is 39.3 Å². The zero-order valence-electron chi connectivity index (χ0n) is 15.1. The van der Waals surface area contributed by atoms with E-state index in [0.717, 1.165) is 19.1 Å². The minimum Gasteiger partial charge on any atom is -0.365 e.